The number of thiol groups is 1. The van der Waals surface area contributed by atoms with E-state index in [1.807, 2.05) is 32.8 Å². The molecule has 1 aromatic carbocycles. The SMILES string of the molecule is Cc1cc(C(C)(C)C)cc(C)c1[SH](=O)(O)CCN(C)C. The maximum Gasteiger partial charge on any atom is 0.0574 e. The van der Waals surface area contributed by atoms with Crippen LogP contribution in [-0.2, 0) is 15.6 Å². The molecule has 0 unspecified atom stereocenters. The molecule has 20 heavy (non-hydrogen) atoms. The van der Waals surface area contributed by atoms with E-state index >= 15 is 0 Å². The highest BCUT2D eigenvalue weighted by Crippen LogP contribution is 2.31. The van der Waals surface area contributed by atoms with Crippen LogP contribution in [0.3, 0.4) is 0 Å². The minimum Gasteiger partial charge on any atom is -0.308 e. The lowest BCUT2D eigenvalue weighted by Crippen LogP contribution is -2.27. The van der Waals surface area contributed by atoms with Crippen molar-refractivity contribution in [2.45, 2.75) is 44.9 Å². The molecule has 1 aromatic rings. The molecule has 0 amide bonds. The highest BCUT2D eigenvalue weighted by atomic mass is 32.3. The van der Waals surface area contributed by atoms with Gasteiger partial charge in [-0.15, -0.1) is 0 Å². The lowest BCUT2D eigenvalue weighted by Gasteiger charge is -2.30. The number of hydrogen-bond acceptors (Lipinski definition) is 2. The summed E-state index contributed by atoms with van der Waals surface area (Å²) >= 11 is 0. The van der Waals surface area contributed by atoms with Crippen LogP contribution in [0.1, 0.15) is 37.5 Å². The molecule has 0 bridgehead atoms. The molecule has 0 spiro atoms. The van der Waals surface area contributed by atoms with Gasteiger partial charge < -0.3 is 9.45 Å². The molecule has 1 N–H and O–H groups in total. The molecular weight excluding hydrogens is 270 g/mol. The molecule has 0 aliphatic rings. The van der Waals surface area contributed by atoms with Crippen LogP contribution in [0.5, 0.6) is 0 Å². The molecule has 116 valence electrons. The molecule has 0 heterocycles. The Hall–Kier alpha value is -0.710. The molecule has 0 aromatic heterocycles. The summed E-state index contributed by atoms with van der Waals surface area (Å²) in [5.74, 6) is 0.302. The molecule has 1 rings (SSSR count). The van der Waals surface area contributed by atoms with Crippen LogP contribution in [0.15, 0.2) is 17.0 Å². The molecular formula is C16H29NO2S. The molecule has 0 aliphatic carbocycles. The molecule has 0 fully saturated rings. The predicted octanol–water partition coefficient (Wildman–Crippen LogP) is 3.01. The van der Waals surface area contributed by atoms with E-state index < -0.39 is 10.2 Å². The van der Waals surface area contributed by atoms with E-state index in [2.05, 4.69) is 32.9 Å². The zero-order valence-electron chi connectivity index (χ0n) is 13.8. The van der Waals surface area contributed by atoms with Crippen LogP contribution in [-0.4, -0.2) is 40.1 Å². The maximum absolute atomic E-state index is 12.7. The van der Waals surface area contributed by atoms with Gasteiger partial charge in [0.15, 0.2) is 0 Å². The van der Waals surface area contributed by atoms with E-state index in [-0.39, 0.29) is 5.41 Å². The summed E-state index contributed by atoms with van der Waals surface area (Å²) in [6.07, 6.45) is 0. The highest BCUT2D eigenvalue weighted by Gasteiger charge is 2.20. The summed E-state index contributed by atoms with van der Waals surface area (Å²) in [7, 11) is 0.550. The lowest BCUT2D eigenvalue weighted by atomic mass is 9.85. The lowest BCUT2D eigenvalue weighted by molar-refractivity contribution is 0.426. The van der Waals surface area contributed by atoms with Crippen molar-refractivity contribution in [3.8, 4) is 0 Å². The first-order valence-electron chi connectivity index (χ1n) is 7.04. The van der Waals surface area contributed by atoms with Crippen LogP contribution in [0.2, 0.25) is 0 Å². The Labute approximate surface area is 124 Å². The van der Waals surface area contributed by atoms with Crippen LogP contribution >= 0.6 is 0 Å². The number of nitrogens with zero attached hydrogens (tertiary/aromatic N) is 1. The highest BCUT2D eigenvalue weighted by molar-refractivity contribution is 7.98. The van der Waals surface area contributed by atoms with Crippen LogP contribution in [0, 0.1) is 13.8 Å². The monoisotopic (exact) mass is 299 g/mol. The van der Waals surface area contributed by atoms with Gasteiger partial charge in [-0.25, -0.2) is 4.21 Å². The molecule has 0 saturated carbocycles. The number of benzene rings is 1. The molecule has 0 saturated heterocycles. The van der Waals surface area contributed by atoms with Crippen molar-refractivity contribution in [2.75, 3.05) is 26.4 Å². The summed E-state index contributed by atoms with van der Waals surface area (Å²) in [4.78, 5) is 2.59. The summed E-state index contributed by atoms with van der Waals surface area (Å²) in [6, 6.07) is 4.11. The van der Waals surface area contributed by atoms with Gasteiger partial charge in [0, 0.05) is 12.3 Å². The second kappa shape index (κ2) is 5.96. The van der Waals surface area contributed by atoms with E-state index in [0.29, 0.717) is 17.2 Å². The Kier molecular flexibility index (Phi) is 5.17. The van der Waals surface area contributed by atoms with Crippen LogP contribution < -0.4 is 0 Å². The van der Waals surface area contributed by atoms with E-state index in [1.54, 1.807) is 0 Å². The fourth-order valence-electron chi connectivity index (χ4n) is 2.39. The minimum absolute atomic E-state index is 0.0527. The topological polar surface area (TPSA) is 40.5 Å². The van der Waals surface area contributed by atoms with Crippen molar-refractivity contribution >= 4 is 10.2 Å². The quantitative estimate of drug-likeness (QED) is 0.840. The minimum atomic E-state index is -3.29. The normalized spacial score (nSPS) is 13.8. The number of hydrogen-bond donors (Lipinski definition) is 2. The van der Waals surface area contributed by atoms with Crippen molar-refractivity contribution in [3.63, 3.8) is 0 Å². The zero-order chi connectivity index (χ0) is 15.7. The van der Waals surface area contributed by atoms with Gasteiger partial charge in [0.1, 0.15) is 0 Å². The Morgan fingerprint density at radius 2 is 1.60 bits per heavy atom. The Morgan fingerprint density at radius 3 is 1.95 bits per heavy atom. The summed E-state index contributed by atoms with van der Waals surface area (Å²) in [6.45, 7) is 11.0. The van der Waals surface area contributed by atoms with Crippen molar-refractivity contribution in [1.82, 2.24) is 4.90 Å². The van der Waals surface area contributed by atoms with Gasteiger partial charge in [0.25, 0.3) is 0 Å². The van der Waals surface area contributed by atoms with Crippen molar-refractivity contribution in [2.24, 2.45) is 0 Å². The van der Waals surface area contributed by atoms with Crippen molar-refractivity contribution in [3.05, 3.63) is 28.8 Å². The van der Waals surface area contributed by atoms with Gasteiger partial charge in [-0.3, -0.25) is 0 Å². The van der Waals surface area contributed by atoms with Crippen LogP contribution in [0.25, 0.3) is 0 Å². The van der Waals surface area contributed by atoms with E-state index in [4.69, 9.17) is 0 Å². The van der Waals surface area contributed by atoms with Gasteiger partial charge in [-0.2, -0.15) is 10.2 Å². The average Bonchev–Trinajstić information content (AvgIpc) is 2.23. The van der Waals surface area contributed by atoms with Crippen LogP contribution in [0.4, 0.5) is 0 Å². The van der Waals surface area contributed by atoms with Gasteiger partial charge in [-0.05, 0) is 50.0 Å². The first-order valence-corrected chi connectivity index (χ1v) is 8.88. The second-order valence-electron chi connectivity index (χ2n) is 6.94. The third-order valence-corrected chi connectivity index (χ3v) is 5.77. The second-order valence-corrected chi connectivity index (χ2v) is 9.23. The van der Waals surface area contributed by atoms with Gasteiger partial charge in [-0.1, -0.05) is 32.9 Å². The van der Waals surface area contributed by atoms with Gasteiger partial charge >= 0.3 is 0 Å². The van der Waals surface area contributed by atoms with Gasteiger partial charge in [0.2, 0.25) is 0 Å². The smallest absolute Gasteiger partial charge is 0.0574 e. The first kappa shape index (κ1) is 17.3. The fraction of sp³-hybridized carbons (Fsp3) is 0.625. The summed E-state index contributed by atoms with van der Waals surface area (Å²) in [5.41, 5.74) is 3.12. The standard InChI is InChI=1S/C16H29NO2S/c1-12-10-14(16(3,4)5)11-13(2)15(12)20(18,19)9-8-17(6)7/h10-11,20H,8-9H2,1-7H3,(H,18,19). The van der Waals surface area contributed by atoms with E-state index in [1.165, 1.54) is 5.56 Å². The maximum atomic E-state index is 12.7. The molecule has 4 heteroatoms. The Balaban J connectivity index is 3.23. The molecule has 3 nitrogen and oxygen atoms in total. The fourth-order valence-corrected chi connectivity index (χ4v) is 4.51. The first-order chi connectivity index (χ1) is 8.95. The molecule has 0 aliphatic heterocycles. The number of aryl methyl sites for hydroxylation is 2. The van der Waals surface area contributed by atoms with Gasteiger partial charge in [0.05, 0.1) is 4.90 Å². The van der Waals surface area contributed by atoms with E-state index in [9.17, 15) is 8.76 Å². The largest absolute Gasteiger partial charge is 0.308 e. The third-order valence-electron chi connectivity index (χ3n) is 3.56. The average molecular weight is 299 g/mol. The Bertz CT molecular complexity index is 507. The number of rotatable bonds is 4. The van der Waals surface area contributed by atoms with Crippen molar-refractivity contribution in [1.29, 1.82) is 0 Å². The molecule has 0 radical (unpaired) electrons. The summed E-state index contributed by atoms with van der Waals surface area (Å²) in [5, 5.41) is 0. The predicted molar refractivity (Wildman–Crippen MR) is 88.5 cm³/mol. The summed E-state index contributed by atoms with van der Waals surface area (Å²) < 4.78 is 23.1. The zero-order valence-corrected chi connectivity index (χ0v) is 14.7. The van der Waals surface area contributed by atoms with E-state index in [0.717, 1.165) is 11.1 Å². The Morgan fingerprint density at radius 1 is 1.15 bits per heavy atom. The third kappa shape index (κ3) is 4.14. The van der Waals surface area contributed by atoms with Crippen molar-refractivity contribution < 1.29 is 8.76 Å². The molecule has 0 atom stereocenters.